The van der Waals surface area contributed by atoms with Crippen LogP contribution in [0.15, 0.2) is 30.3 Å². The van der Waals surface area contributed by atoms with Gasteiger partial charge < -0.3 is 10.6 Å². The van der Waals surface area contributed by atoms with Crippen molar-refractivity contribution in [3.63, 3.8) is 0 Å². The molecule has 1 amide bonds. The van der Waals surface area contributed by atoms with Gasteiger partial charge in [0.2, 0.25) is 0 Å². The van der Waals surface area contributed by atoms with E-state index in [0.29, 0.717) is 11.7 Å². The van der Waals surface area contributed by atoms with Crippen molar-refractivity contribution < 1.29 is 4.79 Å². The Kier molecular flexibility index (Phi) is 3.54. The van der Waals surface area contributed by atoms with Crippen LogP contribution in [-0.4, -0.2) is 24.0 Å². The van der Waals surface area contributed by atoms with Crippen molar-refractivity contribution in [1.82, 2.24) is 10.3 Å². The lowest BCUT2D eigenvalue weighted by Gasteiger charge is -2.13. The van der Waals surface area contributed by atoms with Gasteiger partial charge in [0.1, 0.15) is 5.69 Å². The van der Waals surface area contributed by atoms with Crippen LogP contribution >= 0.6 is 0 Å². The van der Waals surface area contributed by atoms with E-state index in [-0.39, 0.29) is 5.91 Å². The molecule has 4 heteroatoms. The molecule has 3 rings (SSSR count). The molecule has 104 valence electrons. The van der Waals surface area contributed by atoms with E-state index in [1.165, 1.54) is 12.8 Å². The molecule has 1 aliphatic rings. The predicted octanol–water partition coefficient (Wildman–Crippen LogP) is 2.95. The van der Waals surface area contributed by atoms with Crippen molar-refractivity contribution in [2.75, 3.05) is 12.4 Å². The number of para-hydroxylation sites is 1. The molecule has 4 nitrogen and oxygen atoms in total. The van der Waals surface area contributed by atoms with Gasteiger partial charge in [0.15, 0.2) is 0 Å². The molecule has 0 spiro atoms. The molecule has 1 heterocycles. The Hall–Kier alpha value is -2.10. The third kappa shape index (κ3) is 2.46. The van der Waals surface area contributed by atoms with Crippen molar-refractivity contribution >= 4 is 22.5 Å². The van der Waals surface area contributed by atoms with E-state index in [1.807, 2.05) is 37.4 Å². The van der Waals surface area contributed by atoms with Gasteiger partial charge in [0, 0.05) is 24.2 Å². The fourth-order valence-corrected chi connectivity index (χ4v) is 2.83. The summed E-state index contributed by atoms with van der Waals surface area (Å²) in [5, 5.41) is 7.26. The maximum atomic E-state index is 12.3. The highest BCUT2D eigenvalue weighted by molar-refractivity contribution is 5.99. The third-order valence-corrected chi connectivity index (χ3v) is 3.91. The zero-order valence-corrected chi connectivity index (χ0v) is 11.6. The highest BCUT2D eigenvalue weighted by Crippen LogP contribution is 2.23. The van der Waals surface area contributed by atoms with Gasteiger partial charge in [-0.15, -0.1) is 0 Å². The molecule has 2 aromatic rings. The third-order valence-electron chi connectivity index (χ3n) is 3.91. The molecule has 0 bridgehead atoms. The van der Waals surface area contributed by atoms with Crippen LogP contribution in [0.4, 0.5) is 5.69 Å². The number of carbonyl (C=O) groups excluding carboxylic acids is 1. The minimum Gasteiger partial charge on any atom is -0.388 e. The molecular formula is C16H19N3O. The zero-order chi connectivity index (χ0) is 13.9. The maximum Gasteiger partial charge on any atom is 0.270 e. The topological polar surface area (TPSA) is 54.0 Å². The number of nitrogens with zero attached hydrogens (tertiary/aromatic N) is 1. The summed E-state index contributed by atoms with van der Waals surface area (Å²) in [7, 11) is 1.86. The molecule has 20 heavy (non-hydrogen) atoms. The van der Waals surface area contributed by atoms with Crippen molar-refractivity contribution in [2.45, 2.75) is 31.7 Å². The molecule has 1 aliphatic carbocycles. The lowest BCUT2D eigenvalue weighted by atomic mass is 10.1. The number of rotatable bonds is 3. The van der Waals surface area contributed by atoms with Crippen molar-refractivity contribution in [3.05, 3.63) is 36.0 Å². The van der Waals surface area contributed by atoms with Crippen LogP contribution in [0.5, 0.6) is 0 Å². The summed E-state index contributed by atoms with van der Waals surface area (Å²) in [6.45, 7) is 0. The largest absolute Gasteiger partial charge is 0.388 e. The van der Waals surface area contributed by atoms with Crippen LogP contribution < -0.4 is 10.6 Å². The first kappa shape index (κ1) is 12.9. The molecule has 0 unspecified atom stereocenters. The first-order valence-corrected chi connectivity index (χ1v) is 7.16. The molecule has 1 aromatic heterocycles. The van der Waals surface area contributed by atoms with Crippen molar-refractivity contribution in [3.8, 4) is 0 Å². The number of aromatic nitrogens is 1. The Bertz CT molecular complexity index is 633. The Labute approximate surface area is 118 Å². The Morgan fingerprint density at radius 1 is 1.25 bits per heavy atom. The first-order chi connectivity index (χ1) is 9.78. The van der Waals surface area contributed by atoms with Gasteiger partial charge >= 0.3 is 0 Å². The molecule has 1 aromatic carbocycles. The summed E-state index contributed by atoms with van der Waals surface area (Å²) in [4.78, 5) is 16.8. The van der Waals surface area contributed by atoms with Crippen molar-refractivity contribution in [1.29, 1.82) is 0 Å². The van der Waals surface area contributed by atoms with Gasteiger partial charge in [-0.2, -0.15) is 0 Å². The molecule has 0 radical (unpaired) electrons. The van der Waals surface area contributed by atoms with E-state index < -0.39 is 0 Å². The normalized spacial score (nSPS) is 15.4. The zero-order valence-electron chi connectivity index (χ0n) is 11.6. The lowest BCUT2D eigenvalue weighted by molar-refractivity contribution is 0.0933. The summed E-state index contributed by atoms with van der Waals surface area (Å²) < 4.78 is 0. The smallest absolute Gasteiger partial charge is 0.270 e. The van der Waals surface area contributed by atoms with Crippen LogP contribution in [0.2, 0.25) is 0 Å². The minimum absolute atomic E-state index is 0.0702. The molecule has 0 aliphatic heterocycles. The van der Waals surface area contributed by atoms with E-state index >= 15 is 0 Å². The number of benzene rings is 1. The van der Waals surface area contributed by atoms with Gasteiger partial charge in [0.05, 0.1) is 5.52 Å². The summed E-state index contributed by atoms with van der Waals surface area (Å²) in [5.74, 6) is -0.0702. The predicted molar refractivity (Wildman–Crippen MR) is 81.0 cm³/mol. The molecule has 2 N–H and O–H groups in total. The summed E-state index contributed by atoms with van der Waals surface area (Å²) in [6.07, 6.45) is 4.58. The number of nitrogens with one attached hydrogen (secondary N) is 2. The van der Waals surface area contributed by atoms with E-state index in [0.717, 1.165) is 29.4 Å². The maximum absolute atomic E-state index is 12.3. The van der Waals surface area contributed by atoms with Gasteiger partial charge in [0.25, 0.3) is 5.91 Å². The first-order valence-electron chi connectivity index (χ1n) is 7.16. The van der Waals surface area contributed by atoms with Crippen LogP contribution in [0.3, 0.4) is 0 Å². The average molecular weight is 269 g/mol. The number of fused-ring (bicyclic) bond motifs is 1. The number of pyridine rings is 1. The van der Waals surface area contributed by atoms with Crippen LogP contribution in [0.25, 0.3) is 10.9 Å². The number of hydrogen-bond acceptors (Lipinski definition) is 3. The minimum atomic E-state index is -0.0702. The summed E-state index contributed by atoms with van der Waals surface area (Å²) in [6, 6.07) is 9.99. The van der Waals surface area contributed by atoms with Gasteiger partial charge in [-0.3, -0.25) is 4.79 Å². The second-order valence-corrected chi connectivity index (χ2v) is 5.28. The molecule has 0 saturated heterocycles. The standard InChI is InChI=1S/C16H19N3O/c1-17-14-10-15(16(20)18-11-6-2-3-7-11)19-13-9-5-4-8-12(13)14/h4-5,8-11H,2-3,6-7H2,1H3,(H,17,19)(H,18,20). The number of carbonyl (C=O) groups is 1. The number of amides is 1. The number of hydrogen-bond donors (Lipinski definition) is 2. The van der Waals surface area contributed by atoms with E-state index in [4.69, 9.17) is 0 Å². The highest BCUT2D eigenvalue weighted by atomic mass is 16.1. The fraction of sp³-hybridized carbons (Fsp3) is 0.375. The van der Waals surface area contributed by atoms with E-state index in [2.05, 4.69) is 15.6 Å². The summed E-state index contributed by atoms with van der Waals surface area (Å²) >= 11 is 0. The quantitative estimate of drug-likeness (QED) is 0.900. The monoisotopic (exact) mass is 269 g/mol. The second-order valence-electron chi connectivity index (χ2n) is 5.28. The van der Waals surface area contributed by atoms with Gasteiger partial charge in [-0.25, -0.2) is 4.98 Å². The van der Waals surface area contributed by atoms with Crippen LogP contribution in [0.1, 0.15) is 36.2 Å². The van der Waals surface area contributed by atoms with E-state index in [1.54, 1.807) is 0 Å². The second kappa shape index (κ2) is 5.49. The molecular weight excluding hydrogens is 250 g/mol. The average Bonchev–Trinajstić information content (AvgIpc) is 2.99. The Morgan fingerprint density at radius 3 is 2.75 bits per heavy atom. The SMILES string of the molecule is CNc1cc(C(=O)NC2CCCC2)nc2ccccc12. The Balaban J connectivity index is 1.92. The molecule has 1 fully saturated rings. The molecule has 0 atom stereocenters. The van der Waals surface area contributed by atoms with Crippen LogP contribution in [-0.2, 0) is 0 Å². The number of anilines is 1. The van der Waals surface area contributed by atoms with Gasteiger partial charge in [-0.1, -0.05) is 31.0 Å². The fourth-order valence-electron chi connectivity index (χ4n) is 2.83. The highest BCUT2D eigenvalue weighted by Gasteiger charge is 2.19. The van der Waals surface area contributed by atoms with E-state index in [9.17, 15) is 4.79 Å². The molecule has 1 saturated carbocycles. The summed E-state index contributed by atoms with van der Waals surface area (Å²) in [5.41, 5.74) is 2.27. The lowest BCUT2D eigenvalue weighted by Crippen LogP contribution is -2.33. The Morgan fingerprint density at radius 2 is 2.00 bits per heavy atom. The van der Waals surface area contributed by atoms with Crippen molar-refractivity contribution in [2.24, 2.45) is 0 Å². The van der Waals surface area contributed by atoms with Gasteiger partial charge in [-0.05, 0) is 25.0 Å². The van der Waals surface area contributed by atoms with Crippen LogP contribution in [0, 0.1) is 0 Å².